The maximum Gasteiger partial charge on any atom is 0.276 e. The molecular weight excluding hydrogens is 318 g/mol. The van der Waals surface area contributed by atoms with Gasteiger partial charge in [0.2, 0.25) is 0 Å². The average Bonchev–Trinajstić information content (AvgIpc) is 2.59. The minimum atomic E-state index is -3.84. The van der Waals surface area contributed by atoms with Crippen LogP contribution >= 0.6 is 0 Å². The molecule has 0 heterocycles. The Morgan fingerprint density at radius 3 is 2.35 bits per heavy atom. The Morgan fingerprint density at radius 1 is 1.13 bits per heavy atom. The number of ether oxygens (including phenoxy) is 1. The highest BCUT2D eigenvalue weighted by atomic mass is 32.2. The first-order chi connectivity index (χ1) is 11.1. The molecule has 2 rings (SSSR count). The lowest BCUT2D eigenvalue weighted by molar-refractivity contribution is 0.415. The maximum atomic E-state index is 12.1. The van der Waals surface area contributed by atoms with Crippen LogP contribution in [-0.2, 0) is 10.0 Å². The largest absolute Gasteiger partial charge is 0.497 e. The van der Waals surface area contributed by atoms with Crippen molar-refractivity contribution in [3.05, 3.63) is 70.6 Å². The zero-order valence-electron chi connectivity index (χ0n) is 12.1. The third-order valence-corrected chi connectivity index (χ3v) is 4.04. The highest BCUT2D eigenvalue weighted by molar-refractivity contribution is 7.89. The van der Waals surface area contributed by atoms with Crippen molar-refractivity contribution in [2.24, 2.45) is 10.2 Å². The van der Waals surface area contributed by atoms with Crippen molar-refractivity contribution >= 4 is 15.9 Å². The van der Waals surface area contributed by atoms with Crippen LogP contribution in [0.2, 0.25) is 0 Å². The van der Waals surface area contributed by atoms with Gasteiger partial charge in [0.05, 0.1) is 12.0 Å². The molecule has 0 saturated heterocycles. The second kappa shape index (κ2) is 7.30. The van der Waals surface area contributed by atoms with E-state index in [4.69, 9.17) is 10.3 Å². The summed E-state index contributed by atoms with van der Waals surface area (Å²) in [6, 6.07) is 14.2. The van der Waals surface area contributed by atoms with Gasteiger partial charge in [0, 0.05) is 10.5 Å². The number of methoxy groups -OCH3 is 1. The van der Waals surface area contributed by atoms with Gasteiger partial charge >= 0.3 is 0 Å². The van der Waals surface area contributed by atoms with Gasteiger partial charge in [-0.25, -0.2) is 0 Å². The van der Waals surface area contributed by atoms with E-state index in [1.54, 1.807) is 42.5 Å². The van der Waals surface area contributed by atoms with Crippen molar-refractivity contribution in [2.45, 2.75) is 4.90 Å². The minimum Gasteiger partial charge on any atom is -0.497 e. The summed E-state index contributed by atoms with van der Waals surface area (Å²) in [5.74, 6) is 0.508. The molecule has 2 aromatic carbocycles. The molecular formula is C14H13N5O3S. The molecule has 0 bridgehead atoms. The smallest absolute Gasteiger partial charge is 0.276 e. The predicted molar refractivity (Wildman–Crippen MR) is 85.4 cm³/mol. The van der Waals surface area contributed by atoms with Gasteiger partial charge in [-0.1, -0.05) is 18.2 Å². The SMILES string of the molecule is COc1ccc(/C(N=[N+]=[N-])=N/NS(=O)(=O)c2ccccc2)cc1. The molecule has 0 amide bonds. The molecule has 118 valence electrons. The first kappa shape index (κ1) is 16.3. The van der Waals surface area contributed by atoms with E-state index in [0.717, 1.165) is 0 Å². The lowest BCUT2D eigenvalue weighted by atomic mass is 10.2. The molecule has 23 heavy (non-hydrogen) atoms. The van der Waals surface area contributed by atoms with E-state index >= 15 is 0 Å². The number of benzene rings is 2. The Hall–Kier alpha value is -3.03. The van der Waals surface area contributed by atoms with E-state index in [0.29, 0.717) is 11.3 Å². The number of hydrogen-bond donors (Lipinski definition) is 1. The second-order valence-corrected chi connectivity index (χ2v) is 5.92. The molecule has 0 aromatic heterocycles. The Bertz CT molecular complexity index is 842. The topological polar surface area (TPSA) is 117 Å². The van der Waals surface area contributed by atoms with Crippen molar-refractivity contribution < 1.29 is 13.2 Å². The fraction of sp³-hybridized carbons (Fsp3) is 0.0714. The Balaban J connectivity index is 2.30. The van der Waals surface area contributed by atoms with Gasteiger partial charge in [-0.2, -0.15) is 18.4 Å². The summed E-state index contributed by atoms with van der Waals surface area (Å²) >= 11 is 0. The van der Waals surface area contributed by atoms with Crippen LogP contribution in [0.5, 0.6) is 5.75 Å². The highest BCUT2D eigenvalue weighted by Crippen LogP contribution is 2.13. The summed E-state index contributed by atoms with van der Waals surface area (Å²) in [4.78, 5) is 4.76. The zero-order valence-corrected chi connectivity index (χ0v) is 12.9. The number of rotatable bonds is 5. The van der Waals surface area contributed by atoms with Crippen LogP contribution in [0.4, 0.5) is 0 Å². The fourth-order valence-corrected chi connectivity index (χ4v) is 2.51. The number of azide groups is 1. The van der Waals surface area contributed by atoms with Crippen LogP contribution in [-0.4, -0.2) is 21.4 Å². The Morgan fingerprint density at radius 2 is 1.78 bits per heavy atom. The fourth-order valence-electron chi connectivity index (χ4n) is 1.68. The second-order valence-electron chi connectivity index (χ2n) is 4.26. The van der Waals surface area contributed by atoms with Gasteiger partial charge in [0.15, 0.2) is 5.84 Å². The van der Waals surface area contributed by atoms with Crippen molar-refractivity contribution in [3.63, 3.8) is 0 Å². The van der Waals surface area contributed by atoms with Gasteiger partial charge in [0.25, 0.3) is 10.0 Å². The van der Waals surface area contributed by atoms with Crippen molar-refractivity contribution in [3.8, 4) is 5.75 Å². The van der Waals surface area contributed by atoms with Crippen LogP contribution in [0.3, 0.4) is 0 Å². The zero-order chi connectivity index (χ0) is 16.7. The van der Waals surface area contributed by atoms with Crippen LogP contribution in [0.15, 0.2) is 69.7 Å². The van der Waals surface area contributed by atoms with Crippen LogP contribution < -0.4 is 9.57 Å². The summed E-state index contributed by atoms with van der Waals surface area (Å²) < 4.78 is 29.2. The molecule has 0 aliphatic rings. The van der Waals surface area contributed by atoms with Gasteiger partial charge in [-0.05, 0) is 47.0 Å². The highest BCUT2D eigenvalue weighted by Gasteiger charge is 2.12. The summed E-state index contributed by atoms with van der Waals surface area (Å²) in [5.41, 5.74) is 9.06. The predicted octanol–water partition coefficient (Wildman–Crippen LogP) is 2.65. The lowest BCUT2D eigenvalue weighted by Crippen LogP contribution is -2.20. The normalized spacial score (nSPS) is 11.4. The first-order valence-electron chi connectivity index (χ1n) is 6.41. The molecule has 0 radical (unpaired) electrons. The quantitative estimate of drug-likeness (QED) is 0.227. The number of sulfonamides is 1. The summed E-state index contributed by atoms with van der Waals surface area (Å²) in [7, 11) is -2.32. The minimum absolute atomic E-state index is 0.0544. The van der Waals surface area contributed by atoms with E-state index in [1.807, 2.05) is 0 Å². The van der Waals surface area contributed by atoms with Gasteiger partial charge in [-0.3, -0.25) is 0 Å². The van der Waals surface area contributed by atoms with Gasteiger partial charge in [-0.15, -0.1) is 0 Å². The first-order valence-corrected chi connectivity index (χ1v) is 7.89. The standard InChI is InChI=1S/C14H13N5O3S/c1-22-12-9-7-11(8-10-12)14(16-18-15)17-19-23(20,21)13-5-3-2-4-6-13/h2-10,19H,1H3/b17-14-. The molecule has 1 N–H and O–H groups in total. The average molecular weight is 331 g/mol. The molecule has 0 atom stereocenters. The van der Waals surface area contributed by atoms with Crippen molar-refractivity contribution in [1.82, 2.24) is 4.83 Å². The van der Waals surface area contributed by atoms with E-state index in [9.17, 15) is 8.42 Å². The van der Waals surface area contributed by atoms with Crippen molar-refractivity contribution in [1.29, 1.82) is 0 Å². The Labute approximate surface area is 133 Å². The van der Waals surface area contributed by atoms with E-state index in [1.165, 1.54) is 19.2 Å². The molecule has 0 aliphatic carbocycles. The maximum absolute atomic E-state index is 12.1. The third-order valence-electron chi connectivity index (χ3n) is 2.81. The van der Waals surface area contributed by atoms with Crippen molar-refractivity contribution in [2.75, 3.05) is 7.11 Å². The van der Waals surface area contributed by atoms with E-state index in [2.05, 4.69) is 20.0 Å². The van der Waals surface area contributed by atoms with Gasteiger partial charge in [0.1, 0.15) is 5.75 Å². The summed E-state index contributed by atoms with van der Waals surface area (Å²) in [6.45, 7) is 0. The number of hydrogen-bond acceptors (Lipinski definition) is 4. The monoisotopic (exact) mass is 331 g/mol. The molecule has 0 aliphatic heterocycles. The molecule has 9 heteroatoms. The van der Waals surface area contributed by atoms with Crippen LogP contribution in [0.1, 0.15) is 5.56 Å². The van der Waals surface area contributed by atoms with E-state index < -0.39 is 10.0 Å². The molecule has 0 unspecified atom stereocenters. The number of nitrogens with one attached hydrogen (secondary N) is 1. The Kier molecular flexibility index (Phi) is 5.19. The third kappa shape index (κ3) is 4.22. The molecule has 2 aromatic rings. The molecule has 0 fully saturated rings. The number of amidine groups is 1. The van der Waals surface area contributed by atoms with E-state index in [-0.39, 0.29) is 10.7 Å². The molecule has 0 saturated carbocycles. The number of hydrazone groups is 1. The lowest BCUT2D eigenvalue weighted by Gasteiger charge is -2.05. The van der Waals surface area contributed by atoms with Crippen LogP contribution in [0, 0.1) is 0 Å². The van der Waals surface area contributed by atoms with Gasteiger partial charge < -0.3 is 4.74 Å². The molecule has 8 nitrogen and oxygen atoms in total. The van der Waals surface area contributed by atoms with Crippen LogP contribution in [0.25, 0.3) is 10.4 Å². The number of nitrogens with zero attached hydrogens (tertiary/aromatic N) is 4. The summed E-state index contributed by atoms with van der Waals surface area (Å²) in [5, 5.41) is 7.11. The molecule has 0 spiro atoms. The summed E-state index contributed by atoms with van der Waals surface area (Å²) in [6.07, 6.45) is 0.